The van der Waals surface area contributed by atoms with Crippen LogP contribution in [-0.2, 0) is 6.61 Å². The van der Waals surface area contributed by atoms with Crippen molar-refractivity contribution in [2.24, 2.45) is 0 Å². The lowest BCUT2D eigenvalue weighted by Gasteiger charge is -1.99. The van der Waals surface area contributed by atoms with Gasteiger partial charge < -0.3 is 5.11 Å². The molecule has 2 heteroatoms. The molecule has 0 spiro atoms. The van der Waals surface area contributed by atoms with Gasteiger partial charge in [0.1, 0.15) is 0 Å². The summed E-state index contributed by atoms with van der Waals surface area (Å²) in [6.45, 7) is 1.83. The molecule has 2 nitrogen and oxygen atoms in total. The molecule has 56 valence electrons. The Morgan fingerprint density at radius 3 is 3.00 bits per heavy atom. The second-order valence-electron chi connectivity index (χ2n) is 2.28. The molecule has 0 aromatic carbocycles. The summed E-state index contributed by atoms with van der Waals surface area (Å²) in [6, 6.07) is 1.77. The zero-order valence-corrected chi connectivity index (χ0v) is 6.33. The van der Waals surface area contributed by atoms with Crippen molar-refractivity contribution in [1.82, 2.24) is 4.98 Å². The molecular weight excluding hydrogens is 138 g/mol. The number of aromatic nitrogens is 1. The van der Waals surface area contributed by atoms with Crippen LogP contribution in [0.25, 0.3) is 0 Å². The van der Waals surface area contributed by atoms with Crippen LogP contribution in [0.1, 0.15) is 16.8 Å². The summed E-state index contributed by atoms with van der Waals surface area (Å²) in [5.74, 6) is 2.50. The molecule has 0 radical (unpaired) electrons. The van der Waals surface area contributed by atoms with E-state index in [9.17, 15) is 0 Å². The van der Waals surface area contributed by atoms with E-state index in [-0.39, 0.29) is 6.61 Å². The Morgan fingerprint density at radius 2 is 2.45 bits per heavy atom. The molecular formula is C9H9NO. The van der Waals surface area contributed by atoms with E-state index in [2.05, 4.69) is 10.9 Å². The number of nitrogens with zero attached hydrogens (tertiary/aromatic N) is 1. The van der Waals surface area contributed by atoms with Crippen molar-refractivity contribution in [2.75, 3.05) is 0 Å². The van der Waals surface area contributed by atoms with Crippen molar-refractivity contribution in [3.05, 3.63) is 29.1 Å². The highest BCUT2D eigenvalue weighted by atomic mass is 16.3. The molecule has 0 amide bonds. The van der Waals surface area contributed by atoms with Crippen LogP contribution in [0.4, 0.5) is 0 Å². The summed E-state index contributed by atoms with van der Waals surface area (Å²) in [6.07, 6.45) is 6.82. The predicted octanol–water partition coefficient (Wildman–Crippen LogP) is 0.864. The first-order valence-corrected chi connectivity index (χ1v) is 3.31. The third kappa shape index (κ3) is 1.57. The SMILES string of the molecule is C#Cc1cc(CO)cnc1C. The molecule has 0 bridgehead atoms. The van der Waals surface area contributed by atoms with E-state index >= 15 is 0 Å². The van der Waals surface area contributed by atoms with Crippen molar-refractivity contribution in [1.29, 1.82) is 0 Å². The van der Waals surface area contributed by atoms with Crippen LogP contribution in [0.2, 0.25) is 0 Å². The predicted molar refractivity (Wildman–Crippen MR) is 42.8 cm³/mol. The van der Waals surface area contributed by atoms with Gasteiger partial charge in [0.2, 0.25) is 0 Å². The smallest absolute Gasteiger partial charge is 0.0697 e. The molecule has 0 saturated carbocycles. The molecule has 0 aliphatic carbocycles. The number of hydrogen-bond acceptors (Lipinski definition) is 2. The first-order valence-electron chi connectivity index (χ1n) is 3.31. The van der Waals surface area contributed by atoms with E-state index in [1.165, 1.54) is 0 Å². The summed E-state index contributed by atoms with van der Waals surface area (Å²) < 4.78 is 0. The molecule has 0 atom stereocenters. The molecule has 11 heavy (non-hydrogen) atoms. The molecule has 0 aliphatic rings. The van der Waals surface area contributed by atoms with E-state index in [4.69, 9.17) is 11.5 Å². The average Bonchev–Trinajstić information content (AvgIpc) is 2.05. The molecule has 1 aromatic rings. The molecule has 1 rings (SSSR count). The normalized spacial score (nSPS) is 9.18. The van der Waals surface area contributed by atoms with Crippen LogP contribution in [0.3, 0.4) is 0 Å². The Morgan fingerprint density at radius 1 is 1.73 bits per heavy atom. The zero-order chi connectivity index (χ0) is 8.27. The lowest BCUT2D eigenvalue weighted by Crippen LogP contribution is -1.91. The molecule has 1 aromatic heterocycles. The third-order valence-corrected chi connectivity index (χ3v) is 1.48. The fourth-order valence-electron chi connectivity index (χ4n) is 0.809. The van der Waals surface area contributed by atoms with Gasteiger partial charge in [-0.3, -0.25) is 4.98 Å². The monoisotopic (exact) mass is 147 g/mol. The maximum atomic E-state index is 8.74. The number of aryl methyl sites for hydroxylation is 1. The number of terminal acetylenes is 1. The van der Waals surface area contributed by atoms with Crippen molar-refractivity contribution in [2.45, 2.75) is 13.5 Å². The lowest BCUT2D eigenvalue weighted by atomic mass is 10.1. The standard InChI is InChI=1S/C9H9NO/c1-3-9-4-8(6-11)5-10-7(9)2/h1,4-5,11H,6H2,2H3. The minimum Gasteiger partial charge on any atom is -0.392 e. The van der Waals surface area contributed by atoms with Crippen molar-refractivity contribution >= 4 is 0 Å². The fourth-order valence-corrected chi connectivity index (χ4v) is 0.809. The first-order chi connectivity index (χ1) is 5.27. The molecule has 0 saturated heterocycles. The summed E-state index contributed by atoms with van der Waals surface area (Å²) in [7, 11) is 0. The summed E-state index contributed by atoms with van der Waals surface area (Å²) in [5.41, 5.74) is 2.32. The summed E-state index contributed by atoms with van der Waals surface area (Å²) in [5, 5.41) is 8.74. The van der Waals surface area contributed by atoms with Gasteiger partial charge in [0.05, 0.1) is 12.3 Å². The van der Waals surface area contributed by atoms with Gasteiger partial charge in [-0.15, -0.1) is 6.42 Å². The van der Waals surface area contributed by atoms with Gasteiger partial charge in [0, 0.05) is 11.8 Å². The fraction of sp³-hybridized carbons (Fsp3) is 0.222. The second-order valence-corrected chi connectivity index (χ2v) is 2.28. The number of aliphatic hydroxyl groups is 1. The Kier molecular flexibility index (Phi) is 2.25. The molecule has 0 unspecified atom stereocenters. The quantitative estimate of drug-likeness (QED) is 0.598. The molecule has 0 fully saturated rings. The van der Waals surface area contributed by atoms with E-state index < -0.39 is 0 Å². The van der Waals surface area contributed by atoms with E-state index in [1.807, 2.05) is 6.92 Å². The minimum absolute atomic E-state index is 0.0119. The van der Waals surface area contributed by atoms with Crippen LogP contribution >= 0.6 is 0 Å². The van der Waals surface area contributed by atoms with Crippen LogP contribution < -0.4 is 0 Å². The molecule has 1 N–H and O–H groups in total. The Balaban J connectivity index is 3.15. The van der Waals surface area contributed by atoms with Crippen molar-refractivity contribution in [3.8, 4) is 12.3 Å². The van der Waals surface area contributed by atoms with Crippen molar-refractivity contribution in [3.63, 3.8) is 0 Å². The van der Waals surface area contributed by atoms with Gasteiger partial charge in [-0.1, -0.05) is 5.92 Å². The highest BCUT2D eigenvalue weighted by Crippen LogP contribution is 2.05. The number of pyridine rings is 1. The van der Waals surface area contributed by atoms with Gasteiger partial charge >= 0.3 is 0 Å². The Bertz CT molecular complexity index is 299. The van der Waals surface area contributed by atoms with Crippen LogP contribution in [0.15, 0.2) is 12.3 Å². The maximum Gasteiger partial charge on any atom is 0.0697 e. The Hall–Kier alpha value is -1.33. The number of rotatable bonds is 1. The largest absolute Gasteiger partial charge is 0.392 e. The number of aliphatic hydroxyl groups excluding tert-OH is 1. The number of hydrogen-bond donors (Lipinski definition) is 1. The summed E-state index contributed by atoms with van der Waals surface area (Å²) >= 11 is 0. The van der Waals surface area contributed by atoms with Gasteiger partial charge in [0.25, 0.3) is 0 Å². The topological polar surface area (TPSA) is 33.1 Å². The zero-order valence-electron chi connectivity index (χ0n) is 6.33. The van der Waals surface area contributed by atoms with Crippen LogP contribution in [0.5, 0.6) is 0 Å². The molecule has 0 aliphatic heterocycles. The highest BCUT2D eigenvalue weighted by Gasteiger charge is 1.96. The second kappa shape index (κ2) is 3.18. The van der Waals surface area contributed by atoms with Crippen LogP contribution in [-0.4, -0.2) is 10.1 Å². The van der Waals surface area contributed by atoms with Crippen LogP contribution in [0, 0.1) is 19.3 Å². The van der Waals surface area contributed by atoms with Crippen molar-refractivity contribution < 1.29 is 5.11 Å². The van der Waals surface area contributed by atoms with E-state index in [0.29, 0.717) is 0 Å². The lowest BCUT2D eigenvalue weighted by molar-refractivity contribution is 0.281. The van der Waals surface area contributed by atoms with Gasteiger partial charge in [-0.25, -0.2) is 0 Å². The Labute approximate surface area is 65.9 Å². The third-order valence-electron chi connectivity index (χ3n) is 1.48. The highest BCUT2D eigenvalue weighted by molar-refractivity contribution is 5.37. The first kappa shape index (κ1) is 7.77. The minimum atomic E-state index is -0.0119. The average molecular weight is 147 g/mol. The summed E-state index contributed by atoms with van der Waals surface area (Å²) in [4.78, 5) is 4.02. The van der Waals surface area contributed by atoms with Gasteiger partial charge in [0.15, 0.2) is 0 Å². The van der Waals surface area contributed by atoms with E-state index in [1.54, 1.807) is 12.3 Å². The maximum absolute atomic E-state index is 8.74. The van der Waals surface area contributed by atoms with E-state index in [0.717, 1.165) is 16.8 Å². The van der Waals surface area contributed by atoms with Gasteiger partial charge in [-0.2, -0.15) is 0 Å². The molecule has 1 heterocycles. The van der Waals surface area contributed by atoms with Gasteiger partial charge in [-0.05, 0) is 18.6 Å².